The van der Waals surface area contributed by atoms with Crippen LogP contribution in [0, 0.1) is 11.8 Å². The van der Waals surface area contributed by atoms with E-state index in [0.717, 1.165) is 32.2 Å². The largest absolute Gasteiger partial charge is 0.333 e. The van der Waals surface area contributed by atoms with Crippen LogP contribution in [0.4, 0.5) is 0 Å². The summed E-state index contributed by atoms with van der Waals surface area (Å²) in [6, 6.07) is 0. The monoisotopic (exact) mass is 474 g/mol. The Bertz CT molecular complexity index is 470. The van der Waals surface area contributed by atoms with Crippen molar-refractivity contribution in [3.05, 3.63) is 0 Å². The van der Waals surface area contributed by atoms with Gasteiger partial charge in [0.25, 0.3) is 15.0 Å². The van der Waals surface area contributed by atoms with Crippen LogP contribution in [0.15, 0.2) is 0 Å². The zero-order chi connectivity index (χ0) is 22.4. The van der Waals surface area contributed by atoms with E-state index in [4.69, 9.17) is 4.52 Å². The fourth-order valence-electron chi connectivity index (χ4n) is 2.25. The Labute approximate surface area is 189 Å². The second kappa shape index (κ2) is 19.9. The predicted octanol–water partition coefficient (Wildman–Crippen LogP) is 7.53. The van der Waals surface area contributed by atoms with E-state index in [1.165, 1.54) is 0 Å². The zero-order valence-corrected chi connectivity index (χ0v) is 21.6. The molecule has 0 saturated heterocycles. The Morgan fingerprint density at radius 1 is 0.767 bits per heavy atom. The molecule has 6 nitrogen and oxygen atoms in total. The normalized spacial score (nSPS) is 15.1. The standard InChI is InChI=1S/C11H26NO2P.C9H22NO2P.2CH4/c1-6-14-15(13,11(4)5)12-9-7-8-10(2)3;1-8(2)6-5-7-10-13(11,12)9(3)4;;/h10-11H,6-9H2,1-5H3,(H,12,13);8-9H,5-7H2,1-4H3,(H2,10,11,12);2*1H4. The van der Waals surface area contributed by atoms with E-state index in [1.807, 2.05) is 20.8 Å². The predicted molar refractivity (Wildman–Crippen MR) is 137 cm³/mol. The van der Waals surface area contributed by atoms with Crippen LogP contribution in [0.1, 0.15) is 103 Å². The van der Waals surface area contributed by atoms with Gasteiger partial charge in [0.2, 0.25) is 0 Å². The average Bonchev–Trinajstić information content (AvgIpc) is 2.56. The molecule has 2 atom stereocenters. The van der Waals surface area contributed by atoms with Gasteiger partial charge in [-0.05, 0) is 44.4 Å². The third kappa shape index (κ3) is 20.2. The quantitative estimate of drug-likeness (QED) is 0.178. The lowest BCUT2D eigenvalue weighted by Gasteiger charge is -2.22. The molecule has 30 heavy (non-hydrogen) atoms. The van der Waals surface area contributed by atoms with E-state index in [1.54, 1.807) is 13.8 Å². The first-order chi connectivity index (χ1) is 12.8. The Hall–Kier alpha value is 0.300. The van der Waals surface area contributed by atoms with Gasteiger partial charge in [-0.1, -0.05) is 70.2 Å². The van der Waals surface area contributed by atoms with Crippen LogP contribution >= 0.6 is 15.0 Å². The molecule has 0 aromatic carbocycles. The van der Waals surface area contributed by atoms with Gasteiger partial charge in [0.05, 0.1) is 6.61 Å². The van der Waals surface area contributed by atoms with E-state index < -0.39 is 15.0 Å². The summed E-state index contributed by atoms with van der Waals surface area (Å²) in [7, 11) is -5.68. The summed E-state index contributed by atoms with van der Waals surface area (Å²) < 4.78 is 29.0. The van der Waals surface area contributed by atoms with Crippen molar-refractivity contribution in [2.45, 2.75) is 114 Å². The Morgan fingerprint density at radius 3 is 1.47 bits per heavy atom. The van der Waals surface area contributed by atoms with Crippen molar-refractivity contribution in [1.29, 1.82) is 0 Å². The molecule has 0 bridgehead atoms. The van der Waals surface area contributed by atoms with Crippen LogP contribution in [-0.4, -0.2) is 35.9 Å². The first kappa shape index (κ1) is 37.6. The molecule has 0 aliphatic carbocycles. The summed E-state index contributed by atoms with van der Waals surface area (Å²) in [6.45, 7) is 19.9. The molecule has 0 aromatic heterocycles. The molecule has 0 saturated carbocycles. The maximum absolute atomic E-state index is 12.2. The van der Waals surface area contributed by atoms with Crippen LogP contribution in [-0.2, 0) is 13.7 Å². The SMILES string of the molecule is C.C.CC(C)CCCNP(=O)(O)C(C)C.CCOP(=O)(NCCCC(C)C)C(C)C. The zero-order valence-electron chi connectivity index (χ0n) is 19.8. The minimum absolute atomic E-state index is 0. The van der Waals surface area contributed by atoms with E-state index in [0.29, 0.717) is 25.0 Å². The van der Waals surface area contributed by atoms with Gasteiger partial charge in [0, 0.05) is 24.4 Å². The molecule has 0 rings (SSSR count). The average molecular weight is 475 g/mol. The van der Waals surface area contributed by atoms with Crippen LogP contribution < -0.4 is 10.2 Å². The number of nitrogens with one attached hydrogen (secondary N) is 2. The highest BCUT2D eigenvalue weighted by atomic mass is 31.2. The minimum atomic E-state index is -3.07. The number of hydrogen-bond donors (Lipinski definition) is 3. The van der Waals surface area contributed by atoms with Gasteiger partial charge in [-0.3, -0.25) is 9.13 Å². The molecule has 2 unspecified atom stereocenters. The molecule has 8 heteroatoms. The van der Waals surface area contributed by atoms with Gasteiger partial charge in [-0.15, -0.1) is 0 Å². The maximum atomic E-state index is 12.2. The van der Waals surface area contributed by atoms with Crippen LogP contribution in [0.5, 0.6) is 0 Å². The van der Waals surface area contributed by atoms with Crippen molar-refractivity contribution in [1.82, 2.24) is 10.2 Å². The molecule has 3 N–H and O–H groups in total. The second-order valence-electron chi connectivity index (χ2n) is 8.71. The summed E-state index contributed by atoms with van der Waals surface area (Å²) in [6.07, 6.45) is 4.29. The third-order valence-electron chi connectivity index (χ3n) is 4.29. The van der Waals surface area contributed by atoms with Gasteiger partial charge in [-0.25, -0.2) is 10.2 Å². The van der Waals surface area contributed by atoms with Gasteiger partial charge in [-0.2, -0.15) is 0 Å². The number of hydrogen-bond acceptors (Lipinski definition) is 3. The van der Waals surface area contributed by atoms with Gasteiger partial charge < -0.3 is 9.42 Å². The summed E-state index contributed by atoms with van der Waals surface area (Å²) >= 11 is 0. The molecule has 0 radical (unpaired) electrons. The summed E-state index contributed by atoms with van der Waals surface area (Å²) in [5.74, 6) is 1.37. The molecular formula is C22H56N2O4P2. The smallest absolute Gasteiger partial charge is 0.272 e. The van der Waals surface area contributed by atoms with E-state index in [2.05, 4.69) is 37.9 Å². The molecule has 0 spiro atoms. The van der Waals surface area contributed by atoms with Crippen molar-refractivity contribution in [2.75, 3.05) is 19.7 Å². The van der Waals surface area contributed by atoms with Crippen molar-refractivity contribution < 1.29 is 18.5 Å². The number of rotatable bonds is 14. The highest BCUT2D eigenvalue weighted by molar-refractivity contribution is 7.57. The molecule has 0 fully saturated rings. The summed E-state index contributed by atoms with van der Waals surface area (Å²) in [4.78, 5) is 9.40. The molecule has 0 amide bonds. The Kier molecular flexibility index (Phi) is 25.0. The van der Waals surface area contributed by atoms with Crippen molar-refractivity contribution in [3.63, 3.8) is 0 Å². The topological polar surface area (TPSA) is 87.7 Å². The van der Waals surface area contributed by atoms with Crippen LogP contribution in [0.3, 0.4) is 0 Å². The van der Waals surface area contributed by atoms with Gasteiger partial charge in [0.15, 0.2) is 0 Å². The Morgan fingerprint density at radius 2 is 1.17 bits per heavy atom. The fourth-order valence-corrected chi connectivity index (χ4v) is 4.70. The van der Waals surface area contributed by atoms with E-state index >= 15 is 0 Å². The van der Waals surface area contributed by atoms with Crippen molar-refractivity contribution in [2.24, 2.45) is 11.8 Å². The first-order valence-corrected chi connectivity index (χ1v) is 14.3. The van der Waals surface area contributed by atoms with Crippen molar-refractivity contribution in [3.8, 4) is 0 Å². The third-order valence-corrected chi connectivity index (χ3v) is 9.03. The fraction of sp³-hybridized carbons (Fsp3) is 1.00. The molecular weight excluding hydrogens is 418 g/mol. The lowest BCUT2D eigenvalue weighted by atomic mass is 10.1. The highest BCUT2D eigenvalue weighted by Crippen LogP contribution is 2.47. The molecule has 0 aliphatic rings. The van der Waals surface area contributed by atoms with Gasteiger partial charge >= 0.3 is 0 Å². The lowest BCUT2D eigenvalue weighted by molar-refractivity contribution is 0.318. The Balaban J connectivity index is -0.000000213. The highest BCUT2D eigenvalue weighted by Gasteiger charge is 2.26. The van der Waals surface area contributed by atoms with Crippen LogP contribution in [0.2, 0.25) is 0 Å². The first-order valence-electron chi connectivity index (χ1n) is 10.8. The lowest BCUT2D eigenvalue weighted by Crippen LogP contribution is -2.20. The van der Waals surface area contributed by atoms with E-state index in [9.17, 15) is 14.0 Å². The molecule has 0 heterocycles. The molecule has 0 aliphatic heterocycles. The summed E-state index contributed by atoms with van der Waals surface area (Å²) in [5, 5.41) is 5.81. The van der Waals surface area contributed by atoms with Crippen LogP contribution in [0.25, 0.3) is 0 Å². The minimum Gasteiger partial charge on any atom is -0.333 e. The van der Waals surface area contributed by atoms with E-state index in [-0.39, 0.29) is 26.2 Å². The molecule has 0 aromatic rings. The van der Waals surface area contributed by atoms with Crippen molar-refractivity contribution >= 4 is 15.0 Å². The second-order valence-corrected chi connectivity index (χ2v) is 14.1. The maximum Gasteiger partial charge on any atom is 0.272 e. The summed E-state index contributed by atoms with van der Waals surface area (Å²) in [5.41, 5.74) is -0.136. The molecule has 188 valence electrons. The van der Waals surface area contributed by atoms with Gasteiger partial charge in [0.1, 0.15) is 0 Å².